The Balaban J connectivity index is 2.53. The van der Waals surface area contributed by atoms with Crippen molar-refractivity contribution in [1.29, 1.82) is 0 Å². The first-order valence-corrected chi connectivity index (χ1v) is 6.33. The maximum absolute atomic E-state index is 12.5. The minimum absolute atomic E-state index is 0.0879. The van der Waals surface area contributed by atoms with Crippen molar-refractivity contribution < 1.29 is 9.90 Å². The van der Waals surface area contributed by atoms with Crippen molar-refractivity contribution in [2.24, 2.45) is 0 Å². The summed E-state index contributed by atoms with van der Waals surface area (Å²) in [7, 11) is 0. The van der Waals surface area contributed by atoms with E-state index in [1.54, 1.807) is 6.07 Å². The predicted molar refractivity (Wildman–Crippen MR) is 76.9 cm³/mol. The van der Waals surface area contributed by atoms with Gasteiger partial charge in [-0.15, -0.1) is 0 Å². The molecule has 19 heavy (non-hydrogen) atoms. The molecule has 0 amide bonds. The smallest absolute Gasteiger partial charge is 0.197 e. The van der Waals surface area contributed by atoms with Gasteiger partial charge in [0.15, 0.2) is 5.78 Å². The van der Waals surface area contributed by atoms with Crippen molar-refractivity contribution in [3.05, 3.63) is 63.7 Å². The number of carbonyl (C=O) groups is 1. The summed E-state index contributed by atoms with van der Waals surface area (Å²) in [6.07, 6.45) is 0. The molecule has 2 aromatic carbocycles. The predicted octanol–water partition coefficient (Wildman–Crippen LogP) is 3.86. The monoisotopic (exact) mass is 254 g/mol. The SMILES string of the molecule is Cc1ccc(C(=O)c2ccc(C)c(C)c2O)c(C)c1. The summed E-state index contributed by atoms with van der Waals surface area (Å²) in [5.74, 6) is -0.0388. The average Bonchev–Trinajstić information content (AvgIpc) is 2.35. The van der Waals surface area contributed by atoms with Crippen LogP contribution in [0.2, 0.25) is 0 Å². The number of benzene rings is 2. The van der Waals surface area contributed by atoms with E-state index in [0.29, 0.717) is 11.1 Å². The molecule has 0 aromatic heterocycles. The first kappa shape index (κ1) is 13.3. The Hall–Kier alpha value is -2.09. The van der Waals surface area contributed by atoms with E-state index in [4.69, 9.17) is 0 Å². The summed E-state index contributed by atoms with van der Waals surface area (Å²) in [6, 6.07) is 9.27. The molecular formula is C17H18O2. The standard InChI is InChI=1S/C17H18O2/c1-10-5-7-14(12(3)9-10)17(19)15-8-6-11(2)13(4)16(15)18/h5-9,18H,1-4H3. The highest BCUT2D eigenvalue weighted by atomic mass is 16.3. The van der Waals surface area contributed by atoms with Crippen molar-refractivity contribution in [1.82, 2.24) is 0 Å². The lowest BCUT2D eigenvalue weighted by Crippen LogP contribution is -2.05. The quantitative estimate of drug-likeness (QED) is 0.826. The number of hydrogen-bond donors (Lipinski definition) is 1. The highest BCUT2D eigenvalue weighted by Crippen LogP contribution is 2.27. The van der Waals surface area contributed by atoms with Gasteiger partial charge in [0.25, 0.3) is 0 Å². The fourth-order valence-electron chi connectivity index (χ4n) is 2.20. The Bertz CT molecular complexity index is 655. The number of rotatable bonds is 2. The topological polar surface area (TPSA) is 37.3 Å². The van der Waals surface area contributed by atoms with Crippen LogP contribution in [-0.2, 0) is 0 Å². The van der Waals surface area contributed by atoms with Crippen LogP contribution < -0.4 is 0 Å². The zero-order valence-corrected chi connectivity index (χ0v) is 11.7. The van der Waals surface area contributed by atoms with Crippen LogP contribution in [-0.4, -0.2) is 10.9 Å². The third kappa shape index (κ3) is 2.39. The van der Waals surface area contributed by atoms with E-state index in [9.17, 15) is 9.90 Å². The molecule has 0 saturated carbocycles. The second-order valence-electron chi connectivity index (χ2n) is 5.05. The van der Waals surface area contributed by atoms with Gasteiger partial charge in [-0.05, 0) is 50.5 Å². The minimum Gasteiger partial charge on any atom is -0.507 e. The number of phenolic OH excluding ortho intramolecular Hbond substituents is 1. The number of aromatic hydroxyl groups is 1. The molecule has 0 unspecified atom stereocenters. The Morgan fingerprint density at radius 3 is 2.16 bits per heavy atom. The van der Waals surface area contributed by atoms with Gasteiger partial charge in [-0.1, -0.05) is 29.8 Å². The molecule has 98 valence electrons. The van der Waals surface area contributed by atoms with Gasteiger partial charge in [0, 0.05) is 5.56 Å². The second-order valence-corrected chi connectivity index (χ2v) is 5.05. The number of ketones is 1. The minimum atomic E-state index is -0.127. The third-order valence-electron chi connectivity index (χ3n) is 3.57. The van der Waals surface area contributed by atoms with Crippen molar-refractivity contribution in [3.63, 3.8) is 0 Å². The molecule has 0 aliphatic heterocycles. The van der Waals surface area contributed by atoms with E-state index in [2.05, 4.69) is 0 Å². The number of aryl methyl sites for hydroxylation is 3. The van der Waals surface area contributed by atoms with Crippen molar-refractivity contribution >= 4 is 5.78 Å². The van der Waals surface area contributed by atoms with Crippen LogP contribution in [0.25, 0.3) is 0 Å². The van der Waals surface area contributed by atoms with Crippen molar-refractivity contribution in [2.45, 2.75) is 27.7 Å². The summed E-state index contributed by atoms with van der Waals surface area (Å²) in [5.41, 5.74) is 4.81. The molecular weight excluding hydrogens is 236 g/mol. The molecule has 0 heterocycles. The number of carbonyl (C=O) groups excluding carboxylic acids is 1. The molecule has 0 radical (unpaired) electrons. The van der Waals surface area contributed by atoms with E-state index in [1.165, 1.54) is 0 Å². The zero-order chi connectivity index (χ0) is 14.2. The van der Waals surface area contributed by atoms with E-state index in [0.717, 1.165) is 22.3 Å². The van der Waals surface area contributed by atoms with Gasteiger partial charge in [-0.25, -0.2) is 0 Å². The third-order valence-corrected chi connectivity index (χ3v) is 3.57. The number of phenols is 1. The van der Waals surface area contributed by atoms with E-state index < -0.39 is 0 Å². The van der Waals surface area contributed by atoms with Crippen molar-refractivity contribution in [2.75, 3.05) is 0 Å². The Morgan fingerprint density at radius 2 is 1.53 bits per heavy atom. The average molecular weight is 254 g/mol. The lowest BCUT2D eigenvalue weighted by molar-refractivity contribution is 0.103. The lowest BCUT2D eigenvalue weighted by Gasteiger charge is -2.10. The van der Waals surface area contributed by atoms with E-state index in [-0.39, 0.29) is 11.5 Å². The summed E-state index contributed by atoms with van der Waals surface area (Å²) >= 11 is 0. The zero-order valence-electron chi connectivity index (χ0n) is 11.7. The maximum atomic E-state index is 12.5. The summed E-state index contributed by atoms with van der Waals surface area (Å²) < 4.78 is 0. The molecule has 0 aliphatic rings. The van der Waals surface area contributed by atoms with Crippen LogP contribution in [0.3, 0.4) is 0 Å². The van der Waals surface area contributed by atoms with Gasteiger partial charge in [0.1, 0.15) is 5.75 Å². The summed E-state index contributed by atoms with van der Waals surface area (Å²) in [4.78, 5) is 12.5. The molecule has 0 bridgehead atoms. The first-order valence-electron chi connectivity index (χ1n) is 6.33. The molecule has 2 rings (SSSR count). The van der Waals surface area contributed by atoms with Gasteiger partial charge >= 0.3 is 0 Å². The highest BCUT2D eigenvalue weighted by Gasteiger charge is 2.17. The molecule has 0 saturated heterocycles. The van der Waals surface area contributed by atoms with Gasteiger partial charge in [0.05, 0.1) is 5.56 Å². The van der Waals surface area contributed by atoms with Gasteiger partial charge < -0.3 is 5.11 Å². The molecule has 0 aliphatic carbocycles. The molecule has 0 spiro atoms. The Kier molecular flexibility index (Phi) is 3.43. The molecule has 0 fully saturated rings. The molecule has 0 atom stereocenters. The molecule has 2 nitrogen and oxygen atoms in total. The van der Waals surface area contributed by atoms with E-state index in [1.807, 2.05) is 52.0 Å². The summed E-state index contributed by atoms with van der Waals surface area (Å²) in [6.45, 7) is 7.65. The fraction of sp³-hybridized carbons (Fsp3) is 0.235. The van der Waals surface area contributed by atoms with Crippen LogP contribution in [0.1, 0.15) is 38.2 Å². The largest absolute Gasteiger partial charge is 0.507 e. The maximum Gasteiger partial charge on any atom is 0.197 e. The van der Waals surface area contributed by atoms with Crippen molar-refractivity contribution in [3.8, 4) is 5.75 Å². The van der Waals surface area contributed by atoms with Crippen LogP contribution in [0.5, 0.6) is 5.75 Å². The van der Waals surface area contributed by atoms with Crippen LogP contribution in [0.15, 0.2) is 30.3 Å². The second kappa shape index (κ2) is 4.88. The normalized spacial score (nSPS) is 10.5. The molecule has 2 aromatic rings. The van der Waals surface area contributed by atoms with Crippen LogP contribution in [0.4, 0.5) is 0 Å². The van der Waals surface area contributed by atoms with Gasteiger partial charge in [-0.2, -0.15) is 0 Å². The van der Waals surface area contributed by atoms with Crippen LogP contribution in [0, 0.1) is 27.7 Å². The Labute approximate surface area is 113 Å². The van der Waals surface area contributed by atoms with Crippen LogP contribution >= 0.6 is 0 Å². The molecule has 1 N–H and O–H groups in total. The van der Waals surface area contributed by atoms with Gasteiger partial charge in [0.2, 0.25) is 0 Å². The Morgan fingerprint density at radius 1 is 0.895 bits per heavy atom. The number of hydrogen-bond acceptors (Lipinski definition) is 2. The van der Waals surface area contributed by atoms with E-state index >= 15 is 0 Å². The lowest BCUT2D eigenvalue weighted by atomic mass is 9.94. The summed E-state index contributed by atoms with van der Waals surface area (Å²) in [5, 5.41) is 10.1. The first-order chi connectivity index (χ1) is 8.91. The van der Waals surface area contributed by atoms with Gasteiger partial charge in [-0.3, -0.25) is 4.79 Å². The molecule has 2 heteroatoms. The highest BCUT2D eigenvalue weighted by molar-refractivity contribution is 6.11. The fourth-order valence-corrected chi connectivity index (χ4v) is 2.20.